The Morgan fingerprint density at radius 1 is 0.818 bits per heavy atom. The van der Waals surface area contributed by atoms with E-state index in [1.807, 2.05) is 0 Å². The van der Waals surface area contributed by atoms with Gasteiger partial charge in [0, 0.05) is 6.42 Å². The summed E-state index contributed by atoms with van der Waals surface area (Å²) < 4.78 is 5.07. The molecule has 1 amide bonds. The lowest BCUT2D eigenvalue weighted by Gasteiger charge is -2.04. The van der Waals surface area contributed by atoms with Crippen LogP contribution < -0.4 is 10.2 Å². The highest BCUT2D eigenvalue weighted by Crippen LogP contribution is 2.14. The molecule has 0 aliphatic rings. The Morgan fingerprint density at radius 2 is 1.30 bits per heavy atom. The predicted octanol–water partition coefficient (Wildman–Crippen LogP) is 6.86. The van der Waals surface area contributed by atoms with Crippen LogP contribution >= 0.6 is 0 Å². The maximum atomic E-state index is 11.9. The molecule has 0 bridgehead atoms. The fraction of sp³-hybridized carbons (Fsp3) is 0.667. The minimum absolute atomic E-state index is 0.0673. The predicted molar refractivity (Wildman–Crippen MR) is 135 cm³/mol. The maximum absolute atomic E-state index is 11.9. The number of carbonyl (C=O) groups excluding carboxylic acids is 1. The van der Waals surface area contributed by atoms with Crippen LogP contribution in [0, 0.1) is 0 Å². The van der Waals surface area contributed by atoms with Crippen molar-refractivity contribution in [2.45, 2.75) is 110 Å². The second kappa shape index (κ2) is 20.3. The topological polar surface area (TPSA) is 88.0 Å². The third-order valence-corrected chi connectivity index (χ3v) is 5.65. The van der Waals surface area contributed by atoms with Gasteiger partial charge in [0.2, 0.25) is 5.91 Å². The van der Waals surface area contributed by atoms with Gasteiger partial charge in [-0.1, -0.05) is 96.8 Å². The molecule has 1 rings (SSSR count). The molecule has 0 saturated heterocycles. The van der Waals surface area contributed by atoms with Gasteiger partial charge in [-0.15, -0.1) is 0 Å². The van der Waals surface area contributed by atoms with Gasteiger partial charge < -0.3 is 9.84 Å². The Morgan fingerprint density at radius 3 is 1.79 bits per heavy atom. The Labute approximate surface area is 200 Å². The summed E-state index contributed by atoms with van der Waals surface area (Å²) >= 11 is 0. The maximum Gasteiger partial charge on any atom is 0.341 e. The molecular formula is C27H44N2O4. The van der Waals surface area contributed by atoms with E-state index in [1.54, 1.807) is 30.5 Å². The average molecular weight is 461 g/mol. The molecule has 0 unspecified atom stereocenters. The van der Waals surface area contributed by atoms with Gasteiger partial charge >= 0.3 is 5.97 Å². The van der Waals surface area contributed by atoms with E-state index < -0.39 is 5.97 Å². The third kappa shape index (κ3) is 17.8. The molecule has 0 fully saturated rings. The first-order chi connectivity index (χ1) is 16.1. The standard InChI is InChI=1S/C27H44N2O4/c1-2-3-4-5-6-7-8-9-10-11-12-13-14-15-16-17-26(30)29-28-22-24-18-20-25(21-19-24)33-23-27(31)32/h18-22H,2-17,23H2,1H3,(H,29,30)(H,31,32). The van der Waals surface area contributed by atoms with Gasteiger partial charge in [-0.2, -0.15) is 5.10 Å². The van der Waals surface area contributed by atoms with Crippen LogP contribution in [0.1, 0.15) is 115 Å². The SMILES string of the molecule is CCCCCCCCCCCCCCCCCC(=O)NN=Cc1ccc(OCC(=O)O)cc1. The lowest BCUT2D eigenvalue weighted by Crippen LogP contribution is -2.16. The first-order valence-electron chi connectivity index (χ1n) is 12.9. The van der Waals surface area contributed by atoms with Gasteiger partial charge in [-0.25, -0.2) is 10.2 Å². The zero-order chi connectivity index (χ0) is 24.0. The molecule has 0 saturated carbocycles. The molecule has 33 heavy (non-hydrogen) atoms. The van der Waals surface area contributed by atoms with Crippen LogP contribution in [0.25, 0.3) is 0 Å². The molecule has 0 heterocycles. The Kier molecular flexibility index (Phi) is 17.6. The minimum Gasteiger partial charge on any atom is -0.482 e. The van der Waals surface area contributed by atoms with Gasteiger partial charge in [0.25, 0.3) is 0 Å². The summed E-state index contributed by atoms with van der Waals surface area (Å²) in [6, 6.07) is 6.84. The second-order valence-electron chi connectivity index (χ2n) is 8.74. The van der Waals surface area contributed by atoms with Gasteiger partial charge in [0.1, 0.15) is 5.75 Å². The van der Waals surface area contributed by atoms with Crippen molar-refractivity contribution in [2.24, 2.45) is 5.10 Å². The number of carbonyl (C=O) groups is 2. The van der Waals surface area contributed by atoms with E-state index in [1.165, 1.54) is 83.5 Å². The normalized spacial score (nSPS) is 11.1. The van der Waals surface area contributed by atoms with Crippen molar-refractivity contribution in [3.63, 3.8) is 0 Å². The smallest absolute Gasteiger partial charge is 0.341 e. The Hall–Kier alpha value is -2.37. The summed E-state index contributed by atoms with van der Waals surface area (Å²) in [7, 11) is 0. The number of hydrogen-bond acceptors (Lipinski definition) is 4. The quantitative estimate of drug-likeness (QED) is 0.119. The molecule has 0 atom stereocenters. The zero-order valence-corrected chi connectivity index (χ0v) is 20.5. The summed E-state index contributed by atoms with van der Waals surface area (Å²) in [5.41, 5.74) is 3.35. The fourth-order valence-electron chi connectivity index (χ4n) is 3.69. The van der Waals surface area contributed by atoms with E-state index in [4.69, 9.17) is 9.84 Å². The number of hydrazone groups is 1. The summed E-state index contributed by atoms with van der Waals surface area (Å²) in [5, 5.41) is 12.6. The first kappa shape index (κ1) is 28.7. The Bertz CT molecular complexity index is 659. The van der Waals surface area contributed by atoms with E-state index in [0.29, 0.717) is 12.2 Å². The number of ether oxygens (including phenoxy) is 1. The highest BCUT2D eigenvalue weighted by Gasteiger charge is 2.01. The molecule has 6 nitrogen and oxygen atoms in total. The molecular weight excluding hydrogens is 416 g/mol. The van der Waals surface area contributed by atoms with E-state index in [2.05, 4.69) is 17.5 Å². The summed E-state index contributed by atoms with van der Waals surface area (Å²) in [5.74, 6) is -0.605. The van der Waals surface area contributed by atoms with Gasteiger partial charge in [0.05, 0.1) is 6.21 Å². The van der Waals surface area contributed by atoms with Crippen molar-refractivity contribution in [1.82, 2.24) is 5.43 Å². The lowest BCUT2D eigenvalue weighted by atomic mass is 10.0. The molecule has 0 aromatic heterocycles. The molecule has 186 valence electrons. The number of nitrogens with zero attached hydrogens (tertiary/aromatic N) is 1. The Balaban J connectivity index is 1.92. The second-order valence-corrected chi connectivity index (χ2v) is 8.74. The third-order valence-electron chi connectivity index (χ3n) is 5.65. The number of amides is 1. The van der Waals surface area contributed by atoms with Crippen molar-refractivity contribution < 1.29 is 19.4 Å². The number of rotatable bonds is 21. The van der Waals surface area contributed by atoms with E-state index >= 15 is 0 Å². The first-order valence-corrected chi connectivity index (χ1v) is 12.9. The molecule has 0 radical (unpaired) electrons. The molecule has 0 spiro atoms. The minimum atomic E-state index is -1.02. The van der Waals surface area contributed by atoms with Crippen LogP contribution in [0.4, 0.5) is 0 Å². The van der Waals surface area contributed by atoms with Crippen LogP contribution in [0.3, 0.4) is 0 Å². The van der Waals surface area contributed by atoms with Crippen LogP contribution in [-0.2, 0) is 9.59 Å². The van der Waals surface area contributed by atoms with E-state index in [9.17, 15) is 9.59 Å². The molecule has 0 aliphatic heterocycles. The molecule has 1 aromatic carbocycles. The molecule has 0 aliphatic carbocycles. The molecule has 6 heteroatoms. The number of hydrogen-bond donors (Lipinski definition) is 2. The average Bonchev–Trinajstić information content (AvgIpc) is 2.81. The van der Waals surface area contributed by atoms with Crippen molar-refractivity contribution in [2.75, 3.05) is 6.61 Å². The summed E-state index contributed by atoms with van der Waals surface area (Å²) in [4.78, 5) is 22.4. The lowest BCUT2D eigenvalue weighted by molar-refractivity contribution is -0.139. The van der Waals surface area contributed by atoms with Crippen LogP contribution in [0.15, 0.2) is 29.4 Å². The van der Waals surface area contributed by atoms with Crippen molar-refractivity contribution in [3.8, 4) is 5.75 Å². The largest absolute Gasteiger partial charge is 0.482 e. The van der Waals surface area contributed by atoms with E-state index in [0.717, 1.165) is 18.4 Å². The van der Waals surface area contributed by atoms with Gasteiger partial charge in [0.15, 0.2) is 6.61 Å². The number of nitrogens with one attached hydrogen (secondary N) is 1. The number of aliphatic carboxylic acids is 1. The van der Waals surface area contributed by atoms with E-state index in [-0.39, 0.29) is 12.5 Å². The number of carboxylic acids is 1. The van der Waals surface area contributed by atoms with Gasteiger partial charge in [-0.05, 0) is 36.2 Å². The zero-order valence-electron chi connectivity index (χ0n) is 20.5. The highest BCUT2D eigenvalue weighted by molar-refractivity contribution is 5.82. The van der Waals surface area contributed by atoms with Crippen LogP contribution in [-0.4, -0.2) is 29.8 Å². The van der Waals surface area contributed by atoms with Crippen molar-refractivity contribution in [3.05, 3.63) is 29.8 Å². The van der Waals surface area contributed by atoms with Crippen LogP contribution in [0.2, 0.25) is 0 Å². The summed E-state index contributed by atoms with van der Waals surface area (Å²) in [6.45, 7) is 1.89. The molecule has 2 N–H and O–H groups in total. The fourth-order valence-corrected chi connectivity index (χ4v) is 3.69. The number of benzene rings is 1. The van der Waals surface area contributed by atoms with Crippen molar-refractivity contribution >= 4 is 18.1 Å². The number of carboxylic acid groups (broad SMARTS) is 1. The summed E-state index contributed by atoms with van der Waals surface area (Å²) in [6.07, 6.45) is 21.7. The highest BCUT2D eigenvalue weighted by atomic mass is 16.5. The monoisotopic (exact) mass is 460 g/mol. The molecule has 1 aromatic rings. The van der Waals surface area contributed by atoms with Crippen molar-refractivity contribution in [1.29, 1.82) is 0 Å². The van der Waals surface area contributed by atoms with Crippen LogP contribution in [0.5, 0.6) is 5.75 Å². The number of unbranched alkanes of at least 4 members (excludes halogenated alkanes) is 14. The van der Waals surface area contributed by atoms with Gasteiger partial charge in [-0.3, -0.25) is 4.79 Å².